The zero-order chi connectivity index (χ0) is 11.4. The molecule has 1 aliphatic rings. The van der Waals surface area contributed by atoms with E-state index in [1.54, 1.807) is 12.6 Å². The molecule has 1 aromatic rings. The molecule has 3 N–H and O–H groups in total. The second-order valence-electron chi connectivity index (χ2n) is 4.16. The molecule has 1 aromatic carbocycles. The Hall–Kier alpha value is -1.10. The largest absolute Gasteiger partial charge is 0.393 e. The number of nitrogens with zero attached hydrogens (tertiary/aromatic N) is 1. The zero-order valence-electron chi connectivity index (χ0n) is 9.60. The SMILES string of the molecule is CO[NH2+]c1ccc(N2CCC(O)CC2)cc1. The lowest BCUT2D eigenvalue weighted by Gasteiger charge is -2.31. The highest BCUT2D eigenvalue weighted by molar-refractivity contribution is 5.50. The Balaban J connectivity index is 1.98. The van der Waals surface area contributed by atoms with Crippen molar-refractivity contribution in [1.29, 1.82) is 0 Å². The van der Waals surface area contributed by atoms with Crippen molar-refractivity contribution in [2.75, 3.05) is 25.1 Å². The molecular weight excluding hydrogens is 204 g/mol. The van der Waals surface area contributed by atoms with E-state index in [1.807, 2.05) is 12.1 Å². The minimum absolute atomic E-state index is 0.114. The van der Waals surface area contributed by atoms with E-state index in [1.165, 1.54) is 5.69 Å². The summed E-state index contributed by atoms with van der Waals surface area (Å²) in [4.78, 5) is 7.26. The molecule has 1 fully saturated rings. The van der Waals surface area contributed by atoms with Gasteiger partial charge in [0, 0.05) is 30.9 Å². The van der Waals surface area contributed by atoms with Crippen LogP contribution >= 0.6 is 0 Å². The van der Waals surface area contributed by atoms with Crippen molar-refractivity contribution in [3.63, 3.8) is 0 Å². The molecule has 88 valence electrons. The standard InChI is InChI=1S/C12H18N2O2/c1-16-13-10-2-4-11(5-3-10)14-8-6-12(15)7-9-14/h2-5,12-13,15H,6-9H2,1H3/p+1. The fraction of sp³-hybridized carbons (Fsp3) is 0.500. The van der Waals surface area contributed by atoms with Crippen LogP contribution in [0.1, 0.15) is 12.8 Å². The van der Waals surface area contributed by atoms with Gasteiger partial charge in [0.05, 0.1) is 13.2 Å². The molecule has 0 atom stereocenters. The van der Waals surface area contributed by atoms with Crippen LogP contribution in [0.2, 0.25) is 0 Å². The molecule has 0 unspecified atom stereocenters. The maximum atomic E-state index is 9.44. The zero-order valence-corrected chi connectivity index (χ0v) is 9.60. The number of anilines is 1. The van der Waals surface area contributed by atoms with Crippen molar-refractivity contribution >= 4 is 11.4 Å². The molecule has 1 saturated heterocycles. The van der Waals surface area contributed by atoms with Crippen molar-refractivity contribution in [3.8, 4) is 0 Å². The van der Waals surface area contributed by atoms with Crippen molar-refractivity contribution in [2.45, 2.75) is 18.9 Å². The van der Waals surface area contributed by atoms with Gasteiger partial charge in [-0.2, -0.15) is 5.48 Å². The van der Waals surface area contributed by atoms with Gasteiger partial charge in [0.1, 0.15) is 0 Å². The maximum absolute atomic E-state index is 9.44. The van der Waals surface area contributed by atoms with Crippen molar-refractivity contribution in [1.82, 2.24) is 0 Å². The van der Waals surface area contributed by atoms with Gasteiger partial charge in [0.2, 0.25) is 0 Å². The number of rotatable bonds is 3. The van der Waals surface area contributed by atoms with Gasteiger partial charge in [-0.3, -0.25) is 0 Å². The minimum Gasteiger partial charge on any atom is -0.393 e. The molecule has 0 radical (unpaired) electrons. The molecule has 0 aliphatic carbocycles. The van der Waals surface area contributed by atoms with E-state index in [2.05, 4.69) is 17.0 Å². The molecule has 0 amide bonds. The molecule has 2 rings (SSSR count). The molecule has 0 aromatic heterocycles. The second kappa shape index (κ2) is 5.30. The van der Waals surface area contributed by atoms with Crippen LogP contribution in [0.4, 0.5) is 11.4 Å². The lowest BCUT2D eigenvalue weighted by atomic mass is 10.1. The smallest absolute Gasteiger partial charge is 0.162 e. The first-order chi connectivity index (χ1) is 7.79. The summed E-state index contributed by atoms with van der Waals surface area (Å²) in [5.41, 5.74) is 4.02. The third kappa shape index (κ3) is 2.72. The Labute approximate surface area is 95.8 Å². The molecule has 1 aliphatic heterocycles. The van der Waals surface area contributed by atoms with Crippen LogP contribution in [0, 0.1) is 0 Å². The summed E-state index contributed by atoms with van der Waals surface area (Å²) in [7, 11) is 1.65. The molecule has 0 saturated carbocycles. The predicted molar refractivity (Wildman–Crippen MR) is 62.5 cm³/mol. The summed E-state index contributed by atoms with van der Waals surface area (Å²) in [6, 6.07) is 8.29. The van der Waals surface area contributed by atoms with Crippen LogP contribution in [0.5, 0.6) is 0 Å². The van der Waals surface area contributed by atoms with E-state index >= 15 is 0 Å². The van der Waals surface area contributed by atoms with Crippen LogP contribution in [-0.4, -0.2) is 31.4 Å². The van der Waals surface area contributed by atoms with Gasteiger partial charge in [-0.15, -0.1) is 0 Å². The predicted octanol–water partition coefficient (Wildman–Crippen LogP) is 0.404. The highest BCUT2D eigenvalue weighted by atomic mass is 16.6. The third-order valence-corrected chi connectivity index (χ3v) is 2.98. The molecule has 1 heterocycles. The first-order valence-electron chi connectivity index (χ1n) is 5.68. The molecular formula is C12H19N2O2+. The maximum Gasteiger partial charge on any atom is 0.162 e. The van der Waals surface area contributed by atoms with Gasteiger partial charge >= 0.3 is 0 Å². The Morgan fingerprint density at radius 1 is 1.25 bits per heavy atom. The summed E-state index contributed by atoms with van der Waals surface area (Å²) in [6.45, 7) is 1.88. The van der Waals surface area contributed by atoms with Gasteiger partial charge in [-0.25, -0.2) is 4.84 Å². The number of aliphatic hydroxyl groups excluding tert-OH is 1. The number of hydrogen-bond donors (Lipinski definition) is 2. The highest BCUT2D eigenvalue weighted by Gasteiger charge is 2.17. The Kier molecular flexibility index (Phi) is 3.77. The van der Waals surface area contributed by atoms with Crippen LogP contribution in [-0.2, 0) is 4.84 Å². The van der Waals surface area contributed by atoms with E-state index < -0.39 is 0 Å². The summed E-state index contributed by atoms with van der Waals surface area (Å²) in [6.07, 6.45) is 1.62. The first kappa shape index (κ1) is 11.4. The molecule has 4 heteroatoms. The lowest BCUT2D eigenvalue weighted by molar-refractivity contribution is -0.830. The fourth-order valence-corrected chi connectivity index (χ4v) is 2.02. The summed E-state index contributed by atoms with van der Waals surface area (Å²) >= 11 is 0. The van der Waals surface area contributed by atoms with E-state index in [9.17, 15) is 5.11 Å². The Morgan fingerprint density at radius 2 is 1.88 bits per heavy atom. The molecule has 16 heavy (non-hydrogen) atoms. The van der Waals surface area contributed by atoms with Crippen molar-refractivity contribution in [3.05, 3.63) is 24.3 Å². The number of aliphatic hydroxyl groups is 1. The molecule has 4 nitrogen and oxygen atoms in total. The van der Waals surface area contributed by atoms with Gasteiger partial charge in [-0.1, -0.05) is 0 Å². The van der Waals surface area contributed by atoms with Gasteiger partial charge in [0.15, 0.2) is 5.69 Å². The number of quaternary nitrogens is 1. The summed E-state index contributed by atoms with van der Waals surface area (Å²) in [5.74, 6) is 0. The molecule has 0 spiro atoms. The number of benzene rings is 1. The van der Waals surface area contributed by atoms with Crippen molar-refractivity contribution < 1.29 is 15.4 Å². The number of hydrogen-bond acceptors (Lipinski definition) is 3. The summed E-state index contributed by atoms with van der Waals surface area (Å²) < 4.78 is 0. The van der Waals surface area contributed by atoms with Crippen LogP contribution in [0.15, 0.2) is 24.3 Å². The third-order valence-electron chi connectivity index (χ3n) is 2.98. The minimum atomic E-state index is -0.114. The normalized spacial score (nSPS) is 17.8. The first-order valence-corrected chi connectivity index (χ1v) is 5.68. The topological polar surface area (TPSA) is 49.3 Å². The average Bonchev–Trinajstić information content (AvgIpc) is 2.32. The number of nitrogens with two attached hydrogens (primary N) is 1. The van der Waals surface area contributed by atoms with E-state index in [-0.39, 0.29) is 6.10 Å². The highest BCUT2D eigenvalue weighted by Crippen LogP contribution is 2.20. The second-order valence-corrected chi connectivity index (χ2v) is 4.16. The molecule has 0 bridgehead atoms. The summed E-state index contributed by atoms with van der Waals surface area (Å²) in [5, 5.41) is 9.44. The Morgan fingerprint density at radius 3 is 2.44 bits per heavy atom. The van der Waals surface area contributed by atoms with Gasteiger partial charge in [0.25, 0.3) is 0 Å². The van der Waals surface area contributed by atoms with Gasteiger partial charge < -0.3 is 10.0 Å². The lowest BCUT2D eigenvalue weighted by Crippen LogP contribution is -2.75. The quantitative estimate of drug-likeness (QED) is 0.576. The van der Waals surface area contributed by atoms with E-state index in [0.29, 0.717) is 0 Å². The van der Waals surface area contributed by atoms with Crippen LogP contribution in [0.3, 0.4) is 0 Å². The Bertz CT molecular complexity index is 318. The van der Waals surface area contributed by atoms with Crippen LogP contribution in [0.25, 0.3) is 0 Å². The van der Waals surface area contributed by atoms with E-state index in [4.69, 9.17) is 4.84 Å². The van der Waals surface area contributed by atoms with Gasteiger partial charge in [-0.05, 0) is 25.0 Å². The van der Waals surface area contributed by atoms with Crippen molar-refractivity contribution in [2.24, 2.45) is 0 Å². The fourth-order valence-electron chi connectivity index (χ4n) is 2.02. The number of piperidine rings is 1. The monoisotopic (exact) mass is 223 g/mol. The van der Waals surface area contributed by atoms with Crippen LogP contribution < -0.4 is 10.4 Å². The van der Waals surface area contributed by atoms with E-state index in [0.717, 1.165) is 31.6 Å². The average molecular weight is 223 g/mol.